The number of nitrogens with zero attached hydrogens (tertiary/aromatic N) is 2. The predicted molar refractivity (Wildman–Crippen MR) is 47.7 cm³/mol. The van der Waals surface area contributed by atoms with Crippen LogP contribution in [0.25, 0.3) is 0 Å². The molecule has 3 heteroatoms. The molecule has 0 aromatic carbocycles. The first-order valence-corrected chi connectivity index (χ1v) is 4.02. The Kier molecular flexibility index (Phi) is 2.65. The predicted octanol–water partition coefficient (Wildman–Crippen LogP) is 1.20. The van der Waals surface area contributed by atoms with Crippen LogP contribution in [0.3, 0.4) is 0 Å². The highest BCUT2D eigenvalue weighted by molar-refractivity contribution is 5.22. The molecule has 66 valence electrons. The van der Waals surface area contributed by atoms with Gasteiger partial charge in [-0.15, -0.1) is 6.58 Å². The third kappa shape index (κ3) is 1.56. The number of aliphatic hydroxyl groups is 1. The van der Waals surface area contributed by atoms with Crippen molar-refractivity contribution in [3.63, 3.8) is 0 Å². The molecule has 0 radical (unpaired) electrons. The summed E-state index contributed by atoms with van der Waals surface area (Å²) in [6.07, 6.45) is 3.58. The van der Waals surface area contributed by atoms with Gasteiger partial charge >= 0.3 is 0 Å². The number of hydrogen-bond acceptors (Lipinski definition) is 2. The molecule has 1 N–H and O–H groups in total. The lowest BCUT2D eigenvalue weighted by molar-refractivity contribution is 0.228. The molecular formula is C9H14N2O. The van der Waals surface area contributed by atoms with E-state index in [0.717, 1.165) is 17.7 Å². The van der Waals surface area contributed by atoms with E-state index in [-0.39, 0.29) is 0 Å². The van der Waals surface area contributed by atoms with Gasteiger partial charge in [-0.25, -0.2) is 0 Å². The Morgan fingerprint density at radius 1 is 1.83 bits per heavy atom. The number of aryl methyl sites for hydroxylation is 2. The molecule has 0 aliphatic heterocycles. The first-order valence-electron chi connectivity index (χ1n) is 4.02. The van der Waals surface area contributed by atoms with Crippen molar-refractivity contribution in [2.24, 2.45) is 7.05 Å². The van der Waals surface area contributed by atoms with Crippen LogP contribution in [0.5, 0.6) is 0 Å². The molecule has 0 fully saturated rings. The van der Waals surface area contributed by atoms with Gasteiger partial charge in [0.15, 0.2) is 0 Å². The highest BCUT2D eigenvalue weighted by Crippen LogP contribution is 2.17. The van der Waals surface area contributed by atoms with Crippen molar-refractivity contribution in [1.82, 2.24) is 9.78 Å². The van der Waals surface area contributed by atoms with Crippen molar-refractivity contribution in [2.45, 2.75) is 19.4 Å². The summed E-state index contributed by atoms with van der Waals surface area (Å²) in [4.78, 5) is 0. The zero-order chi connectivity index (χ0) is 9.14. The normalized spacial score (nSPS) is 12.9. The molecule has 0 spiro atoms. The van der Waals surface area contributed by atoms with Crippen molar-refractivity contribution >= 4 is 0 Å². The Balaban J connectivity index is 3.03. The number of aromatic nitrogens is 2. The maximum Gasteiger partial charge on any atom is 0.100 e. The van der Waals surface area contributed by atoms with Crippen molar-refractivity contribution in [3.05, 3.63) is 30.1 Å². The zero-order valence-corrected chi connectivity index (χ0v) is 7.49. The molecule has 1 atom stereocenters. The Morgan fingerprint density at radius 2 is 2.50 bits per heavy atom. The van der Waals surface area contributed by atoms with Crippen LogP contribution in [0.2, 0.25) is 0 Å². The van der Waals surface area contributed by atoms with Crippen molar-refractivity contribution in [3.8, 4) is 0 Å². The molecule has 1 aromatic rings. The van der Waals surface area contributed by atoms with Crippen LogP contribution in [-0.2, 0) is 13.5 Å². The van der Waals surface area contributed by atoms with Crippen molar-refractivity contribution < 1.29 is 5.11 Å². The van der Waals surface area contributed by atoms with Crippen LogP contribution in [0.4, 0.5) is 0 Å². The third-order valence-electron chi connectivity index (χ3n) is 1.81. The maximum absolute atomic E-state index is 9.48. The fourth-order valence-corrected chi connectivity index (χ4v) is 1.20. The first kappa shape index (κ1) is 9.00. The van der Waals surface area contributed by atoms with Crippen molar-refractivity contribution in [1.29, 1.82) is 0 Å². The lowest BCUT2D eigenvalue weighted by Gasteiger charge is -2.02. The molecule has 0 saturated carbocycles. The van der Waals surface area contributed by atoms with Gasteiger partial charge in [0.1, 0.15) is 6.10 Å². The molecule has 12 heavy (non-hydrogen) atoms. The van der Waals surface area contributed by atoms with Gasteiger partial charge in [0.2, 0.25) is 0 Å². The molecule has 0 bridgehead atoms. The second-order valence-electron chi connectivity index (χ2n) is 2.74. The Morgan fingerprint density at radius 3 is 3.00 bits per heavy atom. The number of aliphatic hydroxyl groups excluding tert-OH is 1. The molecule has 1 aromatic heterocycles. The lowest BCUT2D eigenvalue weighted by atomic mass is 10.1. The number of hydrogen-bond donors (Lipinski definition) is 1. The summed E-state index contributed by atoms with van der Waals surface area (Å²) in [6.45, 7) is 5.55. The molecule has 3 nitrogen and oxygen atoms in total. The fourth-order valence-electron chi connectivity index (χ4n) is 1.20. The van der Waals surface area contributed by atoms with E-state index in [1.54, 1.807) is 4.68 Å². The molecule has 0 amide bonds. The largest absolute Gasteiger partial charge is 0.384 e. The molecule has 0 saturated heterocycles. The molecule has 0 aliphatic carbocycles. The fraction of sp³-hybridized carbons (Fsp3) is 0.444. The average Bonchev–Trinajstić information content (AvgIpc) is 2.45. The van der Waals surface area contributed by atoms with E-state index in [0.29, 0.717) is 0 Å². The van der Waals surface area contributed by atoms with E-state index in [1.807, 2.05) is 20.2 Å². The highest BCUT2D eigenvalue weighted by atomic mass is 16.3. The molecule has 1 unspecified atom stereocenters. The summed E-state index contributed by atoms with van der Waals surface area (Å²) in [7, 11) is 1.85. The smallest absolute Gasteiger partial charge is 0.100 e. The SMILES string of the molecule is C=CC(O)c1cn(C)nc1CC. The van der Waals surface area contributed by atoms with Crippen LogP contribution < -0.4 is 0 Å². The monoisotopic (exact) mass is 166 g/mol. The summed E-state index contributed by atoms with van der Waals surface area (Å²) in [5.41, 5.74) is 1.79. The van der Waals surface area contributed by atoms with E-state index in [2.05, 4.69) is 11.7 Å². The minimum absolute atomic E-state index is 0.589. The van der Waals surface area contributed by atoms with Crippen LogP contribution >= 0.6 is 0 Å². The summed E-state index contributed by atoms with van der Waals surface area (Å²) >= 11 is 0. The van der Waals surface area contributed by atoms with E-state index in [1.165, 1.54) is 6.08 Å². The van der Waals surface area contributed by atoms with Crippen LogP contribution in [-0.4, -0.2) is 14.9 Å². The van der Waals surface area contributed by atoms with Gasteiger partial charge < -0.3 is 5.11 Å². The van der Waals surface area contributed by atoms with Gasteiger partial charge in [-0.3, -0.25) is 4.68 Å². The topological polar surface area (TPSA) is 38.0 Å². The second kappa shape index (κ2) is 3.54. The highest BCUT2D eigenvalue weighted by Gasteiger charge is 2.11. The van der Waals surface area contributed by atoms with Gasteiger partial charge in [0.05, 0.1) is 5.69 Å². The van der Waals surface area contributed by atoms with Crippen LogP contribution in [0.1, 0.15) is 24.3 Å². The Hall–Kier alpha value is -1.09. The van der Waals surface area contributed by atoms with Gasteiger partial charge in [-0.2, -0.15) is 5.10 Å². The second-order valence-corrected chi connectivity index (χ2v) is 2.74. The average molecular weight is 166 g/mol. The minimum Gasteiger partial charge on any atom is -0.384 e. The maximum atomic E-state index is 9.48. The van der Waals surface area contributed by atoms with Gasteiger partial charge in [0, 0.05) is 18.8 Å². The van der Waals surface area contributed by atoms with Gasteiger partial charge in [-0.1, -0.05) is 13.0 Å². The molecule has 1 heterocycles. The van der Waals surface area contributed by atoms with E-state index in [9.17, 15) is 5.11 Å². The lowest BCUT2D eigenvalue weighted by Crippen LogP contribution is -1.95. The molecule has 0 aliphatic rings. The van der Waals surface area contributed by atoms with Crippen molar-refractivity contribution in [2.75, 3.05) is 0 Å². The Bertz CT molecular complexity index is 278. The molecular weight excluding hydrogens is 152 g/mol. The van der Waals surface area contributed by atoms with E-state index >= 15 is 0 Å². The third-order valence-corrected chi connectivity index (χ3v) is 1.81. The summed E-state index contributed by atoms with van der Waals surface area (Å²) in [5.74, 6) is 0. The van der Waals surface area contributed by atoms with Crippen LogP contribution in [0, 0.1) is 0 Å². The van der Waals surface area contributed by atoms with E-state index < -0.39 is 6.10 Å². The molecule has 1 rings (SSSR count). The van der Waals surface area contributed by atoms with Gasteiger partial charge in [-0.05, 0) is 6.42 Å². The zero-order valence-electron chi connectivity index (χ0n) is 7.49. The quantitative estimate of drug-likeness (QED) is 0.685. The summed E-state index contributed by atoms with van der Waals surface area (Å²) < 4.78 is 1.71. The first-order chi connectivity index (χ1) is 5.69. The van der Waals surface area contributed by atoms with Crippen LogP contribution in [0.15, 0.2) is 18.9 Å². The number of rotatable bonds is 3. The van der Waals surface area contributed by atoms with E-state index in [4.69, 9.17) is 0 Å². The summed E-state index contributed by atoms with van der Waals surface area (Å²) in [5, 5.41) is 13.7. The van der Waals surface area contributed by atoms with Gasteiger partial charge in [0.25, 0.3) is 0 Å². The minimum atomic E-state index is -0.589. The Labute approximate surface area is 72.3 Å². The standard InChI is InChI=1S/C9H14N2O/c1-4-8-7(9(12)5-2)6-11(3)10-8/h5-6,9,12H,2,4H2,1,3H3. The summed E-state index contributed by atoms with van der Waals surface area (Å²) in [6, 6.07) is 0.